The maximum Gasteiger partial charge on any atom is 0.573 e. The molecule has 164 valence electrons. The van der Waals surface area contributed by atoms with Crippen LogP contribution >= 0.6 is 0 Å². The summed E-state index contributed by atoms with van der Waals surface area (Å²) in [6, 6.07) is 12.4. The second kappa shape index (κ2) is 8.46. The van der Waals surface area contributed by atoms with E-state index in [0.29, 0.717) is 12.1 Å². The van der Waals surface area contributed by atoms with Gasteiger partial charge in [-0.15, -0.1) is 13.2 Å². The zero-order chi connectivity index (χ0) is 22.0. The van der Waals surface area contributed by atoms with Crippen LogP contribution < -0.4 is 15.4 Å². The highest BCUT2D eigenvalue weighted by molar-refractivity contribution is 5.89. The van der Waals surface area contributed by atoms with Gasteiger partial charge < -0.3 is 20.4 Å². The number of halogens is 3. The lowest BCUT2D eigenvalue weighted by Gasteiger charge is -2.36. The molecule has 31 heavy (non-hydrogen) atoms. The number of aromatic nitrogens is 2. The zero-order valence-corrected chi connectivity index (χ0v) is 16.7. The van der Waals surface area contributed by atoms with E-state index < -0.39 is 12.4 Å². The molecule has 0 bridgehead atoms. The summed E-state index contributed by atoms with van der Waals surface area (Å²) in [5.74, 6) is 0.512. The molecule has 0 spiro atoms. The van der Waals surface area contributed by atoms with Crippen molar-refractivity contribution in [2.24, 2.45) is 0 Å². The van der Waals surface area contributed by atoms with E-state index in [-0.39, 0.29) is 17.8 Å². The number of hydrogen-bond acceptors (Lipinski definition) is 4. The molecular weight excluding hydrogens is 411 g/mol. The Balaban J connectivity index is 1.36. The number of carbonyl (C=O) groups excluding carboxylic acids is 1. The molecule has 10 heteroatoms. The fourth-order valence-corrected chi connectivity index (χ4v) is 3.76. The van der Waals surface area contributed by atoms with Crippen molar-refractivity contribution in [1.29, 1.82) is 0 Å². The van der Waals surface area contributed by atoms with E-state index in [1.165, 1.54) is 12.1 Å². The van der Waals surface area contributed by atoms with E-state index in [1.54, 1.807) is 0 Å². The van der Waals surface area contributed by atoms with Crippen molar-refractivity contribution < 1.29 is 22.7 Å². The molecule has 1 aliphatic rings. The van der Waals surface area contributed by atoms with Crippen LogP contribution in [0.1, 0.15) is 24.7 Å². The van der Waals surface area contributed by atoms with Crippen molar-refractivity contribution in [1.82, 2.24) is 20.2 Å². The predicted molar refractivity (Wildman–Crippen MR) is 110 cm³/mol. The van der Waals surface area contributed by atoms with Gasteiger partial charge in [-0.2, -0.15) is 0 Å². The molecule has 0 aliphatic carbocycles. The summed E-state index contributed by atoms with van der Waals surface area (Å²) in [4.78, 5) is 22.6. The minimum absolute atomic E-state index is 0.0326. The molecule has 1 saturated heterocycles. The number of benzene rings is 2. The summed E-state index contributed by atoms with van der Waals surface area (Å²) in [6.07, 6.45) is -3.29. The average molecular weight is 433 g/mol. The van der Waals surface area contributed by atoms with E-state index in [2.05, 4.69) is 30.2 Å². The summed E-state index contributed by atoms with van der Waals surface area (Å²) in [6.45, 7) is 0.788. The number of rotatable bonds is 4. The van der Waals surface area contributed by atoms with Gasteiger partial charge in [0.1, 0.15) is 11.6 Å². The molecule has 2 aromatic carbocycles. The fraction of sp³-hybridized carbons (Fsp3) is 0.333. The maximum absolute atomic E-state index is 12.4. The quantitative estimate of drug-likeness (QED) is 0.569. The van der Waals surface area contributed by atoms with Crippen molar-refractivity contribution in [2.45, 2.75) is 31.3 Å². The van der Waals surface area contributed by atoms with E-state index in [4.69, 9.17) is 0 Å². The van der Waals surface area contributed by atoms with Gasteiger partial charge in [0.05, 0.1) is 17.1 Å². The first-order valence-corrected chi connectivity index (χ1v) is 9.85. The number of alkyl halides is 3. The van der Waals surface area contributed by atoms with Crippen molar-refractivity contribution in [3.05, 3.63) is 54.4 Å². The van der Waals surface area contributed by atoms with E-state index in [1.807, 2.05) is 31.3 Å². The van der Waals surface area contributed by atoms with Crippen molar-refractivity contribution in [3.8, 4) is 5.75 Å². The zero-order valence-electron chi connectivity index (χ0n) is 16.7. The molecule has 1 fully saturated rings. The van der Waals surface area contributed by atoms with Gasteiger partial charge in [0, 0.05) is 18.3 Å². The number of hydrogen-bond donors (Lipinski definition) is 3. The summed E-state index contributed by atoms with van der Waals surface area (Å²) in [5.41, 5.74) is 2.24. The Morgan fingerprint density at radius 3 is 2.65 bits per heavy atom. The van der Waals surface area contributed by atoms with Gasteiger partial charge in [-0.3, -0.25) is 4.90 Å². The van der Waals surface area contributed by atoms with Gasteiger partial charge in [-0.1, -0.05) is 12.1 Å². The van der Waals surface area contributed by atoms with Crippen LogP contribution in [0.3, 0.4) is 0 Å². The van der Waals surface area contributed by atoms with Crippen LogP contribution in [-0.2, 0) is 0 Å². The normalized spacial score (nSPS) is 19.9. The number of aromatic amines is 1. The molecule has 3 N–H and O–H groups in total. The van der Waals surface area contributed by atoms with Crippen LogP contribution in [0.2, 0.25) is 0 Å². The predicted octanol–water partition coefficient (Wildman–Crippen LogP) is 4.42. The number of H-pyrrole nitrogens is 1. The first kappa shape index (κ1) is 21.0. The smallest absolute Gasteiger partial charge is 0.406 e. The molecular formula is C21H22F3N5O2. The monoisotopic (exact) mass is 433 g/mol. The van der Waals surface area contributed by atoms with Crippen LogP contribution in [0.5, 0.6) is 5.75 Å². The number of para-hydroxylation sites is 2. The Bertz CT molecular complexity index is 1020. The summed E-state index contributed by atoms with van der Waals surface area (Å²) < 4.78 is 40.6. The van der Waals surface area contributed by atoms with Crippen LogP contribution in [0.4, 0.5) is 23.7 Å². The average Bonchev–Trinajstić information content (AvgIpc) is 3.14. The van der Waals surface area contributed by atoms with Gasteiger partial charge in [-0.25, -0.2) is 9.78 Å². The van der Waals surface area contributed by atoms with Gasteiger partial charge in [0.25, 0.3) is 0 Å². The summed E-state index contributed by atoms with van der Waals surface area (Å²) in [5, 5.41) is 5.59. The number of ether oxygens (including phenoxy) is 1. The lowest BCUT2D eigenvalue weighted by molar-refractivity contribution is -0.274. The molecule has 3 aromatic rings. The number of nitrogens with one attached hydrogen (secondary N) is 3. The molecule has 2 atom stereocenters. The van der Waals surface area contributed by atoms with Gasteiger partial charge in [0.2, 0.25) is 0 Å². The summed E-state index contributed by atoms with van der Waals surface area (Å²) >= 11 is 0. The third-order valence-electron chi connectivity index (χ3n) is 5.27. The molecule has 7 nitrogen and oxygen atoms in total. The maximum atomic E-state index is 12.4. The minimum atomic E-state index is -4.75. The summed E-state index contributed by atoms with van der Waals surface area (Å²) in [7, 11) is 2.03. The van der Waals surface area contributed by atoms with Crippen molar-refractivity contribution >= 4 is 22.8 Å². The highest BCUT2D eigenvalue weighted by Crippen LogP contribution is 2.29. The molecule has 2 heterocycles. The second-order valence-electron chi connectivity index (χ2n) is 7.53. The highest BCUT2D eigenvalue weighted by Gasteiger charge is 2.31. The van der Waals surface area contributed by atoms with E-state index >= 15 is 0 Å². The number of anilines is 1. The lowest BCUT2D eigenvalue weighted by atomic mass is 9.97. The van der Waals surface area contributed by atoms with E-state index in [9.17, 15) is 18.0 Å². The second-order valence-corrected chi connectivity index (χ2v) is 7.53. The number of likely N-dealkylation sites (tertiary alicyclic amines) is 1. The number of carbonyl (C=O) groups is 1. The lowest BCUT2D eigenvalue weighted by Crippen LogP contribution is -2.46. The molecule has 2 unspecified atom stereocenters. The van der Waals surface area contributed by atoms with Gasteiger partial charge in [0.15, 0.2) is 0 Å². The fourth-order valence-electron chi connectivity index (χ4n) is 3.76. The Labute approximate surface area is 176 Å². The highest BCUT2D eigenvalue weighted by atomic mass is 19.4. The van der Waals surface area contributed by atoms with Crippen LogP contribution in [0.15, 0.2) is 48.5 Å². The van der Waals surface area contributed by atoms with Crippen molar-refractivity contribution in [3.63, 3.8) is 0 Å². The number of imidazole rings is 1. The Hall–Kier alpha value is -3.27. The first-order chi connectivity index (χ1) is 14.8. The van der Waals surface area contributed by atoms with E-state index in [0.717, 1.165) is 42.0 Å². The first-order valence-electron chi connectivity index (χ1n) is 9.85. The van der Waals surface area contributed by atoms with Gasteiger partial charge >= 0.3 is 12.4 Å². The number of amides is 2. The number of nitrogens with zero attached hydrogens (tertiary/aromatic N) is 2. The Kier molecular flexibility index (Phi) is 5.73. The SMILES string of the molecule is CN1CCC(NC(=O)Nc2ccc(OC(F)(F)F)cc2)CC1c1nc2ccccc2[nH]1. The number of fused-ring (bicyclic) bond motifs is 1. The molecule has 0 saturated carbocycles. The van der Waals surface area contributed by atoms with Crippen LogP contribution in [0.25, 0.3) is 11.0 Å². The molecule has 1 aliphatic heterocycles. The third-order valence-corrected chi connectivity index (χ3v) is 5.27. The molecule has 2 amide bonds. The van der Waals surface area contributed by atoms with Crippen LogP contribution in [0, 0.1) is 0 Å². The molecule has 0 radical (unpaired) electrons. The molecule has 4 rings (SSSR count). The topological polar surface area (TPSA) is 82.3 Å². The molecule has 1 aromatic heterocycles. The Morgan fingerprint density at radius 1 is 1.19 bits per heavy atom. The van der Waals surface area contributed by atoms with Crippen molar-refractivity contribution in [2.75, 3.05) is 18.9 Å². The van der Waals surface area contributed by atoms with Crippen LogP contribution in [-0.4, -0.2) is 46.9 Å². The third kappa shape index (κ3) is 5.26. The minimum Gasteiger partial charge on any atom is -0.406 e. The Morgan fingerprint density at radius 2 is 1.94 bits per heavy atom. The standard InChI is InChI=1S/C21H22F3N5O2/c1-29-11-10-14(12-18(29)19-27-16-4-2-3-5-17(16)28-19)26-20(30)25-13-6-8-15(9-7-13)31-21(22,23)24/h2-9,14,18H,10-12H2,1H3,(H,27,28)(H2,25,26,30). The largest absolute Gasteiger partial charge is 0.573 e. The van der Waals surface area contributed by atoms with Gasteiger partial charge in [-0.05, 0) is 56.3 Å². The number of urea groups is 1. The number of piperidine rings is 1.